The first kappa shape index (κ1) is 39.0. The second-order valence-electron chi connectivity index (χ2n) is 12.8. The normalized spacial score (nSPS) is 20.2. The summed E-state index contributed by atoms with van der Waals surface area (Å²) in [4.78, 5) is 67.8. The monoisotopic (exact) mass is 717 g/mol. The predicted molar refractivity (Wildman–Crippen MR) is 192 cm³/mol. The lowest BCUT2D eigenvalue weighted by Crippen LogP contribution is -2.57. The van der Waals surface area contributed by atoms with Crippen LogP contribution < -0.4 is 40.8 Å². The zero-order valence-electron chi connectivity index (χ0n) is 29.8. The number of carbonyl (C=O) groups excluding carboxylic acids is 5. The van der Waals surface area contributed by atoms with Crippen molar-refractivity contribution in [2.75, 3.05) is 26.9 Å². The Morgan fingerprint density at radius 1 is 0.904 bits per heavy atom. The topological polar surface area (TPSA) is 193 Å². The van der Waals surface area contributed by atoms with Crippen LogP contribution in [0.5, 0.6) is 23.0 Å². The molecule has 3 aromatic rings. The Morgan fingerprint density at radius 3 is 2.29 bits per heavy atom. The molecule has 0 saturated heterocycles. The van der Waals surface area contributed by atoms with Gasteiger partial charge in [-0.25, -0.2) is 0 Å². The molecule has 1 aliphatic rings. The molecule has 1 aliphatic heterocycles. The largest absolute Gasteiger partial charge is 0.508 e. The molecule has 5 amide bonds. The third kappa shape index (κ3) is 11.6. The second-order valence-corrected chi connectivity index (χ2v) is 12.8. The zero-order valence-corrected chi connectivity index (χ0v) is 29.8. The molecule has 1 heterocycles. The highest BCUT2D eigenvalue weighted by molar-refractivity contribution is 6.01. The zero-order chi connectivity index (χ0) is 37.6. The van der Waals surface area contributed by atoms with Gasteiger partial charge >= 0.3 is 0 Å². The molecular formula is C38H47N5O9. The molecule has 278 valence electrons. The number of carbonyl (C=O) groups is 5. The van der Waals surface area contributed by atoms with Crippen molar-refractivity contribution in [2.24, 2.45) is 5.92 Å². The van der Waals surface area contributed by atoms with Gasteiger partial charge in [0, 0.05) is 13.0 Å². The molecule has 3 aromatic carbocycles. The van der Waals surface area contributed by atoms with Gasteiger partial charge in [-0.15, -0.1) is 0 Å². The molecule has 0 radical (unpaired) electrons. The molecular weight excluding hydrogens is 670 g/mol. The van der Waals surface area contributed by atoms with Crippen molar-refractivity contribution >= 4 is 29.5 Å². The summed E-state index contributed by atoms with van der Waals surface area (Å²) < 4.78 is 16.8. The van der Waals surface area contributed by atoms with Crippen LogP contribution >= 0.6 is 0 Å². The van der Waals surface area contributed by atoms with Gasteiger partial charge in [0.1, 0.15) is 47.7 Å². The molecule has 0 unspecified atom stereocenters. The summed E-state index contributed by atoms with van der Waals surface area (Å²) in [6.45, 7) is 5.76. The van der Waals surface area contributed by atoms with Gasteiger partial charge in [0.15, 0.2) is 0 Å². The number of para-hydroxylation sites is 1. The lowest BCUT2D eigenvalue weighted by atomic mass is 10.0. The number of amides is 5. The molecule has 14 nitrogen and oxygen atoms in total. The van der Waals surface area contributed by atoms with E-state index in [1.165, 1.54) is 18.2 Å². The Bertz CT molecular complexity index is 1680. The number of phenolic OH excluding ortho intramolecular Hbond substituents is 1. The van der Waals surface area contributed by atoms with Gasteiger partial charge < -0.3 is 45.9 Å². The molecule has 0 aliphatic carbocycles. The van der Waals surface area contributed by atoms with Crippen molar-refractivity contribution in [3.8, 4) is 23.0 Å². The Kier molecular flexibility index (Phi) is 14.2. The van der Waals surface area contributed by atoms with Gasteiger partial charge in [0.25, 0.3) is 5.91 Å². The summed E-state index contributed by atoms with van der Waals surface area (Å²) in [7, 11) is 1.57. The Morgan fingerprint density at radius 2 is 1.60 bits per heavy atom. The van der Waals surface area contributed by atoms with Crippen molar-refractivity contribution in [3.63, 3.8) is 0 Å². The van der Waals surface area contributed by atoms with E-state index in [9.17, 15) is 29.1 Å². The summed E-state index contributed by atoms with van der Waals surface area (Å²) >= 11 is 0. The maximum atomic E-state index is 13.7. The van der Waals surface area contributed by atoms with Crippen LogP contribution in [0.25, 0.3) is 0 Å². The Hall–Kier alpha value is -5.79. The van der Waals surface area contributed by atoms with Gasteiger partial charge in [0.2, 0.25) is 23.6 Å². The molecule has 52 heavy (non-hydrogen) atoms. The number of fused-ring (bicyclic) bond motifs is 1. The average molecular weight is 718 g/mol. The summed E-state index contributed by atoms with van der Waals surface area (Å²) in [5, 5.41) is 23.5. The van der Waals surface area contributed by atoms with Crippen LogP contribution in [0.2, 0.25) is 0 Å². The van der Waals surface area contributed by atoms with Crippen LogP contribution in [0, 0.1) is 5.92 Å². The molecule has 0 saturated carbocycles. The van der Waals surface area contributed by atoms with Crippen molar-refractivity contribution in [2.45, 2.75) is 64.2 Å². The molecule has 0 aromatic heterocycles. The lowest BCUT2D eigenvalue weighted by Gasteiger charge is -2.27. The van der Waals surface area contributed by atoms with Crippen molar-refractivity contribution in [1.29, 1.82) is 0 Å². The fraction of sp³-hybridized carbons (Fsp3) is 0.395. The predicted octanol–water partition coefficient (Wildman–Crippen LogP) is 2.24. The molecule has 14 heteroatoms. The number of nitrogens with one attached hydrogen (secondary N) is 5. The third-order valence-corrected chi connectivity index (χ3v) is 8.24. The van der Waals surface area contributed by atoms with Gasteiger partial charge in [-0.05, 0) is 73.4 Å². The highest BCUT2D eigenvalue weighted by Crippen LogP contribution is 2.20. The van der Waals surface area contributed by atoms with E-state index in [2.05, 4.69) is 26.6 Å². The summed E-state index contributed by atoms with van der Waals surface area (Å²) in [5.74, 6) is -1.81. The summed E-state index contributed by atoms with van der Waals surface area (Å²) in [6, 6.07) is 15.7. The van der Waals surface area contributed by atoms with Crippen molar-refractivity contribution < 1.29 is 43.3 Å². The average Bonchev–Trinajstić information content (AvgIpc) is 3.12. The molecule has 0 fully saturated rings. The minimum absolute atomic E-state index is 0.000819. The maximum Gasteiger partial charge on any atom is 0.255 e. The van der Waals surface area contributed by atoms with E-state index in [0.29, 0.717) is 23.5 Å². The fourth-order valence-electron chi connectivity index (χ4n) is 5.39. The summed E-state index contributed by atoms with van der Waals surface area (Å²) in [6.07, 6.45) is -0.0646. The van der Waals surface area contributed by atoms with Gasteiger partial charge in [-0.2, -0.15) is 0 Å². The second kappa shape index (κ2) is 19.0. The van der Waals surface area contributed by atoms with Crippen LogP contribution in [0.4, 0.5) is 0 Å². The first-order valence-electron chi connectivity index (χ1n) is 17.2. The van der Waals surface area contributed by atoms with Crippen molar-refractivity contribution in [1.82, 2.24) is 26.6 Å². The van der Waals surface area contributed by atoms with Gasteiger partial charge in [0.05, 0.1) is 31.7 Å². The first-order chi connectivity index (χ1) is 24.9. The number of rotatable bonds is 10. The number of phenols is 1. The number of aromatic hydroxyl groups is 1. The molecule has 0 bridgehead atoms. The minimum Gasteiger partial charge on any atom is -0.508 e. The van der Waals surface area contributed by atoms with Gasteiger partial charge in [-0.1, -0.05) is 38.1 Å². The van der Waals surface area contributed by atoms with E-state index in [0.717, 1.165) is 0 Å². The van der Waals surface area contributed by atoms with Crippen LogP contribution in [0.3, 0.4) is 0 Å². The van der Waals surface area contributed by atoms with Crippen LogP contribution in [-0.4, -0.2) is 85.7 Å². The van der Waals surface area contributed by atoms with E-state index in [-0.39, 0.29) is 49.2 Å². The molecule has 0 spiro atoms. The van der Waals surface area contributed by atoms with E-state index < -0.39 is 60.1 Å². The first-order valence-corrected chi connectivity index (χ1v) is 17.2. The number of hydrogen-bond acceptors (Lipinski definition) is 9. The van der Waals surface area contributed by atoms with Crippen molar-refractivity contribution in [3.05, 3.63) is 83.9 Å². The van der Waals surface area contributed by atoms with E-state index in [1.54, 1.807) is 82.5 Å². The number of benzene rings is 3. The Balaban J connectivity index is 1.56. The molecule has 4 atom stereocenters. The SMILES string of the molecule is COc1ccc(OCCCNC(=O)[C@@H]2CC(=O)N[C@@H](Cc3ccc(O)cc3)C(=O)N[C@H](C(C)C)C(=O)N[C@@H](C)COc3ccccc3C(=O)N2)cc1. The fourth-order valence-corrected chi connectivity index (χ4v) is 5.39. The maximum absolute atomic E-state index is 13.7. The smallest absolute Gasteiger partial charge is 0.255 e. The Labute approximate surface area is 303 Å². The van der Waals surface area contributed by atoms with E-state index >= 15 is 0 Å². The minimum atomic E-state index is -1.33. The summed E-state index contributed by atoms with van der Waals surface area (Å²) in [5.41, 5.74) is 0.745. The highest BCUT2D eigenvalue weighted by Gasteiger charge is 2.32. The van der Waals surface area contributed by atoms with E-state index in [1.807, 2.05) is 0 Å². The number of ether oxygens (including phenoxy) is 3. The quantitative estimate of drug-likeness (QED) is 0.171. The highest BCUT2D eigenvalue weighted by atomic mass is 16.5. The third-order valence-electron chi connectivity index (χ3n) is 8.24. The number of methoxy groups -OCH3 is 1. The number of hydrogen-bond donors (Lipinski definition) is 6. The van der Waals surface area contributed by atoms with Crippen LogP contribution in [-0.2, 0) is 25.6 Å². The van der Waals surface area contributed by atoms with E-state index in [4.69, 9.17) is 14.2 Å². The molecule has 4 rings (SSSR count). The van der Waals surface area contributed by atoms with Crippen LogP contribution in [0.1, 0.15) is 49.5 Å². The standard InChI is InChI=1S/C38H47N5O9/c1-23(2)34-38(49)40-24(3)22-52-32-9-6-5-8-29(32)35(46)42-31(36(47)39-18-7-19-51-28-16-14-27(50-4)15-17-28)21-33(45)41-30(37(48)43-34)20-25-10-12-26(44)13-11-25/h5-6,8-17,23-24,30-31,34,44H,7,18-22H2,1-4H3,(H,39,47)(H,40,49)(H,41,45)(H,42,46)(H,43,48)/t24-,30-,31-,34+/m0/s1. The van der Waals surface area contributed by atoms with Gasteiger partial charge in [-0.3, -0.25) is 24.0 Å². The lowest BCUT2D eigenvalue weighted by molar-refractivity contribution is -0.133. The molecule has 6 N–H and O–H groups in total. The van der Waals surface area contributed by atoms with Crippen LogP contribution in [0.15, 0.2) is 72.8 Å².